The van der Waals surface area contributed by atoms with Crippen molar-refractivity contribution in [2.45, 2.75) is 44.5 Å². The number of hydrogen-bond acceptors (Lipinski definition) is 5. The van der Waals surface area contributed by atoms with Gasteiger partial charge in [0.05, 0.1) is 5.69 Å². The third-order valence-electron chi connectivity index (χ3n) is 7.06. The molecule has 0 aromatic heterocycles. The summed E-state index contributed by atoms with van der Waals surface area (Å²) in [5.41, 5.74) is 4.31. The molecule has 3 aromatic carbocycles. The highest BCUT2D eigenvalue weighted by Gasteiger charge is 2.39. The standard InChI is InChI=1S/C28H28N2O5/c1-3-22(17-7-5-4-6-8-17)30-16-20-15-25-23(13-19(20)14-24(30)28(33)34)29(2)27(32)26(35-25)18-9-11-21(31)12-10-18/h4-13,15,22,24,26,31H,3,14,16H2,1-2H3,(H,33,34)/t22-,24?,26+/m0/s1. The van der Waals surface area contributed by atoms with Gasteiger partial charge < -0.3 is 19.8 Å². The number of aliphatic carboxylic acids is 1. The van der Waals surface area contributed by atoms with Gasteiger partial charge in [-0.25, -0.2) is 0 Å². The van der Waals surface area contributed by atoms with Gasteiger partial charge in [-0.05, 0) is 53.8 Å². The number of phenols is 1. The third-order valence-corrected chi connectivity index (χ3v) is 7.06. The van der Waals surface area contributed by atoms with Crippen LogP contribution in [0.25, 0.3) is 0 Å². The van der Waals surface area contributed by atoms with E-state index in [1.807, 2.05) is 42.5 Å². The Kier molecular flexibility index (Phi) is 5.94. The van der Waals surface area contributed by atoms with Crippen molar-refractivity contribution in [2.24, 2.45) is 0 Å². The van der Waals surface area contributed by atoms with E-state index >= 15 is 0 Å². The number of carbonyl (C=O) groups excluding carboxylic acids is 1. The number of fused-ring (bicyclic) bond motifs is 2. The number of carboxylic acids is 1. The lowest BCUT2D eigenvalue weighted by Crippen LogP contribution is -2.47. The molecule has 7 heteroatoms. The SMILES string of the molecule is CC[C@@H](c1ccccc1)N1Cc2cc3c(cc2CC1C(=O)O)N(C)C(=O)[C@@H](c1ccc(O)cc1)O3. The summed E-state index contributed by atoms with van der Waals surface area (Å²) < 4.78 is 6.18. The van der Waals surface area contributed by atoms with Gasteiger partial charge in [0.1, 0.15) is 17.5 Å². The van der Waals surface area contributed by atoms with Crippen molar-refractivity contribution in [3.05, 3.63) is 89.0 Å². The molecule has 5 rings (SSSR count). The Labute approximate surface area is 204 Å². The van der Waals surface area contributed by atoms with Gasteiger partial charge >= 0.3 is 5.97 Å². The van der Waals surface area contributed by atoms with E-state index in [0.29, 0.717) is 30.0 Å². The fraction of sp³-hybridized carbons (Fsp3) is 0.286. The van der Waals surface area contributed by atoms with Crippen molar-refractivity contribution < 1.29 is 24.5 Å². The zero-order valence-corrected chi connectivity index (χ0v) is 19.7. The second-order valence-corrected chi connectivity index (χ2v) is 9.14. The van der Waals surface area contributed by atoms with E-state index in [1.165, 1.54) is 12.1 Å². The van der Waals surface area contributed by atoms with E-state index in [-0.39, 0.29) is 17.7 Å². The zero-order valence-electron chi connectivity index (χ0n) is 19.7. The minimum absolute atomic E-state index is 0.0311. The quantitative estimate of drug-likeness (QED) is 0.570. The lowest BCUT2D eigenvalue weighted by molar-refractivity contribution is -0.145. The molecular formula is C28H28N2O5. The average Bonchev–Trinajstić information content (AvgIpc) is 2.86. The number of rotatable bonds is 5. The van der Waals surface area contributed by atoms with Gasteiger partial charge in [-0.3, -0.25) is 14.5 Å². The molecule has 0 radical (unpaired) electrons. The Morgan fingerprint density at radius 1 is 1.09 bits per heavy atom. The molecular weight excluding hydrogens is 444 g/mol. The second kappa shape index (κ2) is 9.07. The molecule has 0 fully saturated rings. The number of carboxylic acid groups (broad SMARTS) is 1. The molecule has 1 unspecified atom stereocenters. The average molecular weight is 473 g/mol. The molecule has 2 aliphatic heterocycles. The molecule has 2 N–H and O–H groups in total. The van der Waals surface area contributed by atoms with Gasteiger partial charge in [-0.1, -0.05) is 49.4 Å². The van der Waals surface area contributed by atoms with Crippen molar-refractivity contribution in [3.63, 3.8) is 0 Å². The van der Waals surface area contributed by atoms with E-state index in [0.717, 1.165) is 23.1 Å². The Morgan fingerprint density at radius 3 is 2.46 bits per heavy atom. The number of anilines is 1. The van der Waals surface area contributed by atoms with Crippen LogP contribution in [0.1, 0.15) is 47.7 Å². The van der Waals surface area contributed by atoms with Crippen molar-refractivity contribution >= 4 is 17.6 Å². The van der Waals surface area contributed by atoms with Crippen molar-refractivity contribution in [1.82, 2.24) is 4.90 Å². The number of nitrogens with zero attached hydrogens (tertiary/aromatic N) is 2. The summed E-state index contributed by atoms with van der Waals surface area (Å²) in [4.78, 5) is 29.0. The van der Waals surface area contributed by atoms with E-state index < -0.39 is 18.1 Å². The van der Waals surface area contributed by atoms with E-state index in [2.05, 4.69) is 11.8 Å². The lowest BCUT2D eigenvalue weighted by atomic mass is 9.89. The van der Waals surface area contributed by atoms with E-state index in [4.69, 9.17) is 4.74 Å². The largest absolute Gasteiger partial charge is 0.508 e. The van der Waals surface area contributed by atoms with Crippen LogP contribution in [0.15, 0.2) is 66.7 Å². The Hall–Kier alpha value is -3.84. The molecule has 35 heavy (non-hydrogen) atoms. The van der Waals surface area contributed by atoms with Crippen LogP contribution in [0.3, 0.4) is 0 Å². The third kappa shape index (κ3) is 4.12. The number of amides is 1. The summed E-state index contributed by atoms with van der Waals surface area (Å²) in [6.45, 7) is 2.54. The van der Waals surface area contributed by atoms with Gasteiger partial charge in [-0.15, -0.1) is 0 Å². The maximum atomic E-state index is 13.1. The number of ether oxygens (including phenoxy) is 1. The van der Waals surface area contributed by atoms with Gasteiger partial charge in [0.15, 0.2) is 0 Å². The zero-order chi connectivity index (χ0) is 24.7. The van der Waals surface area contributed by atoms with E-state index in [1.54, 1.807) is 24.1 Å². The molecule has 0 saturated carbocycles. The van der Waals surface area contributed by atoms with Gasteiger partial charge in [0, 0.05) is 25.2 Å². The molecule has 0 spiro atoms. The van der Waals surface area contributed by atoms with Gasteiger partial charge in [0.25, 0.3) is 5.91 Å². The second-order valence-electron chi connectivity index (χ2n) is 9.14. The molecule has 3 aromatic rings. The summed E-state index contributed by atoms with van der Waals surface area (Å²) >= 11 is 0. The van der Waals surface area contributed by atoms with Crippen LogP contribution in [0.2, 0.25) is 0 Å². The first-order valence-corrected chi connectivity index (χ1v) is 11.8. The number of likely N-dealkylation sites (N-methyl/N-ethyl adjacent to an activating group) is 1. The number of carbonyl (C=O) groups is 2. The number of aromatic hydroxyl groups is 1. The first-order chi connectivity index (χ1) is 16.9. The first-order valence-electron chi connectivity index (χ1n) is 11.8. The number of hydrogen-bond donors (Lipinski definition) is 2. The van der Waals surface area contributed by atoms with Crippen LogP contribution in [0.4, 0.5) is 5.69 Å². The predicted molar refractivity (Wildman–Crippen MR) is 131 cm³/mol. The molecule has 2 aliphatic rings. The normalized spacial score (nSPS) is 20.5. The smallest absolute Gasteiger partial charge is 0.321 e. The topological polar surface area (TPSA) is 90.3 Å². The van der Waals surface area contributed by atoms with Crippen LogP contribution in [0.5, 0.6) is 11.5 Å². The lowest BCUT2D eigenvalue weighted by Gasteiger charge is -2.41. The minimum atomic E-state index is -0.851. The molecule has 7 nitrogen and oxygen atoms in total. The van der Waals surface area contributed by atoms with Crippen molar-refractivity contribution in [3.8, 4) is 11.5 Å². The fourth-order valence-corrected chi connectivity index (χ4v) is 5.21. The Bertz CT molecular complexity index is 1260. The molecule has 0 aliphatic carbocycles. The maximum absolute atomic E-state index is 13.1. The summed E-state index contributed by atoms with van der Waals surface area (Å²) in [7, 11) is 1.70. The molecule has 3 atom stereocenters. The van der Waals surface area contributed by atoms with Crippen molar-refractivity contribution in [1.29, 1.82) is 0 Å². The molecule has 180 valence electrons. The van der Waals surface area contributed by atoms with Crippen LogP contribution in [-0.2, 0) is 22.6 Å². The maximum Gasteiger partial charge on any atom is 0.321 e. The number of benzene rings is 3. The van der Waals surface area contributed by atoms with Gasteiger partial charge in [0.2, 0.25) is 6.10 Å². The molecule has 0 saturated heterocycles. The Balaban J connectivity index is 1.52. The van der Waals surface area contributed by atoms with Crippen LogP contribution in [-0.4, -0.2) is 40.1 Å². The monoisotopic (exact) mass is 472 g/mol. The van der Waals surface area contributed by atoms with Crippen molar-refractivity contribution in [2.75, 3.05) is 11.9 Å². The molecule has 0 bridgehead atoms. The summed E-state index contributed by atoms with van der Waals surface area (Å²) in [6, 6.07) is 19.6. The minimum Gasteiger partial charge on any atom is -0.508 e. The highest BCUT2D eigenvalue weighted by molar-refractivity contribution is 6.00. The van der Waals surface area contributed by atoms with Crippen LogP contribution < -0.4 is 9.64 Å². The van der Waals surface area contributed by atoms with Gasteiger partial charge in [-0.2, -0.15) is 0 Å². The first kappa shape index (κ1) is 22.9. The predicted octanol–water partition coefficient (Wildman–Crippen LogP) is 4.45. The highest BCUT2D eigenvalue weighted by Crippen LogP contribution is 2.43. The van der Waals surface area contributed by atoms with Crippen LogP contribution in [0, 0.1) is 0 Å². The summed E-state index contributed by atoms with van der Waals surface area (Å²) in [6.07, 6.45) is 0.320. The van der Waals surface area contributed by atoms with Crippen LogP contribution >= 0.6 is 0 Å². The van der Waals surface area contributed by atoms with E-state index in [9.17, 15) is 19.8 Å². The molecule has 1 amide bonds. The molecule has 2 heterocycles. The summed E-state index contributed by atoms with van der Waals surface area (Å²) in [5, 5.41) is 19.7. The number of phenolic OH excluding ortho intramolecular Hbond substituents is 1. The Morgan fingerprint density at radius 2 is 1.80 bits per heavy atom. The highest BCUT2D eigenvalue weighted by atomic mass is 16.5. The fourth-order valence-electron chi connectivity index (χ4n) is 5.21. The summed E-state index contributed by atoms with van der Waals surface area (Å²) in [5.74, 6) is -0.358.